The number of hydrogen-bond acceptors (Lipinski definition) is 2. The Balaban J connectivity index is 1.69. The van der Waals surface area contributed by atoms with Gasteiger partial charge in [-0.3, -0.25) is 4.79 Å². The van der Waals surface area contributed by atoms with Crippen molar-refractivity contribution in [1.29, 1.82) is 0 Å². The van der Waals surface area contributed by atoms with Crippen LogP contribution in [-0.4, -0.2) is 12.5 Å². The maximum Gasteiger partial charge on any atom is 0.279 e. The molecule has 0 aliphatic heterocycles. The van der Waals surface area contributed by atoms with Crippen LogP contribution in [-0.2, 0) is 4.79 Å². The molecule has 0 aliphatic rings. The second-order valence-corrected chi connectivity index (χ2v) is 6.63. The maximum atomic E-state index is 12.5. The second kappa shape index (κ2) is 8.50. The smallest absolute Gasteiger partial charge is 0.279 e. The Labute approximate surface area is 154 Å². The largest absolute Gasteiger partial charge is 0.463 e. The fraction of sp³-hybridized carbons (Fsp3) is 0.227. The Kier molecular flexibility index (Phi) is 5.87. The van der Waals surface area contributed by atoms with Crippen molar-refractivity contribution in [2.75, 3.05) is 11.9 Å². The summed E-state index contributed by atoms with van der Waals surface area (Å²) in [5.41, 5.74) is 3.14. The molecule has 3 rings (SSSR count). The number of benzene rings is 2. The van der Waals surface area contributed by atoms with Gasteiger partial charge < -0.3 is 15.1 Å². The van der Waals surface area contributed by atoms with Crippen LogP contribution in [0.1, 0.15) is 42.7 Å². The molecule has 0 bridgehead atoms. The van der Waals surface area contributed by atoms with Gasteiger partial charge in [0.2, 0.25) is 0 Å². The summed E-state index contributed by atoms with van der Waals surface area (Å²) in [4.78, 5) is 12.5. The quantitative estimate of drug-likeness (QED) is 0.683. The average Bonchev–Trinajstić information content (AvgIpc) is 3.17. The van der Waals surface area contributed by atoms with E-state index in [4.69, 9.17) is 4.42 Å². The first-order chi connectivity index (χ1) is 12.6. The van der Waals surface area contributed by atoms with E-state index in [0.717, 1.165) is 22.6 Å². The summed E-state index contributed by atoms with van der Waals surface area (Å²) in [6.45, 7) is 4.56. The Morgan fingerprint density at radius 3 is 2.42 bits per heavy atom. The van der Waals surface area contributed by atoms with Crippen molar-refractivity contribution < 1.29 is 14.5 Å². The van der Waals surface area contributed by atoms with Crippen LogP contribution in [0.3, 0.4) is 0 Å². The topological polar surface area (TPSA) is 58.9 Å². The SMILES string of the molecule is CC(C)c1ccccc1NC(=O)C[NH2+][C@H](c1ccccc1)c1ccco1. The monoisotopic (exact) mass is 349 g/mol. The third-order valence-corrected chi connectivity index (χ3v) is 4.40. The van der Waals surface area contributed by atoms with Gasteiger partial charge in [-0.05, 0) is 29.7 Å². The summed E-state index contributed by atoms with van der Waals surface area (Å²) in [5.74, 6) is 1.17. The third kappa shape index (κ3) is 4.41. The number of para-hydroxylation sites is 1. The van der Waals surface area contributed by atoms with Gasteiger partial charge in [-0.25, -0.2) is 0 Å². The minimum absolute atomic E-state index is 0.0226. The first kappa shape index (κ1) is 18.0. The molecule has 0 unspecified atom stereocenters. The summed E-state index contributed by atoms with van der Waals surface area (Å²) in [5, 5.41) is 5.04. The minimum atomic E-state index is -0.0442. The Morgan fingerprint density at radius 1 is 1.00 bits per heavy atom. The van der Waals surface area contributed by atoms with E-state index < -0.39 is 0 Å². The Hall–Kier alpha value is -2.85. The number of anilines is 1. The van der Waals surface area contributed by atoms with Crippen LogP contribution in [0.5, 0.6) is 0 Å². The lowest BCUT2D eigenvalue weighted by atomic mass is 10.0. The van der Waals surface area contributed by atoms with E-state index in [1.165, 1.54) is 0 Å². The van der Waals surface area contributed by atoms with Crippen molar-refractivity contribution in [2.45, 2.75) is 25.8 Å². The van der Waals surface area contributed by atoms with Crippen LogP contribution in [0.2, 0.25) is 0 Å². The van der Waals surface area contributed by atoms with Crippen molar-refractivity contribution in [2.24, 2.45) is 0 Å². The minimum Gasteiger partial charge on any atom is -0.463 e. The summed E-state index contributed by atoms with van der Waals surface area (Å²) in [7, 11) is 0. The molecule has 26 heavy (non-hydrogen) atoms. The zero-order chi connectivity index (χ0) is 18.4. The highest BCUT2D eigenvalue weighted by Crippen LogP contribution is 2.23. The van der Waals surface area contributed by atoms with E-state index >= 15 is 0 Å². The summed E-state index contributed by atoms with van der Waals surface area (Å²) in [6, 6.07) is 21.8. The predicted octanol–water partition coefficient (Wildman–Crippen LogP) is 3.69. The van der Waals surface area contributed by atoms with Crippen LogP contribution in [0.4, 0.5) is 5.69 Å². The number of carbonyl (C=O) groups is 1. The van der Waals surface area contributed by atoms with Crippen molar-refractivity contribution in [3.63, 3.8) is 0 Å². The molecule has 4 heteroatoms. The predicted molar refractivity (Wildman–Crippen MR) is 103 cm³/mol. The average molecular weight is 349 g/mol. The van der Waals surface area contributed by atoms with Crippen molar-refractivity contribution in [3.8, 4) is 0 Å². The van der Waals surface area contributed by atoms with Crippen LogP contribution < -0.4 is 10.6 Å². The van der Waals surface area contributed by atoms with E-state index in [0.29, 0.717) is 12.5 Å². The molecular formula is C22H25N2O2+. The fourth-order valence-corrected chi connectivity index (χ4v) is 3.09. The Bertz CT molecular complexity index is 826. The molecule has 0 spiro atoms. The number of hydrogen-bond donors (Lipinski definition) is 2. The van der Waals surface area contributed by atoms with E-state index in [1.54, 1.807) is 6.26 Å². The molecule has 0 aliphatic carbocycles. The molecule has 0 saturated heterocycles. The first-order valence-electron chi connectivity index (χ1n) is 8.95. The number of carbonyl (C=O) groups excluding carboxylic acids is 1. The van der Waals surface area contributed by atoms with E-state index in [9.17, 15) is 4.79 Å². The van der Waals surface area contributed by atoms with Gasteiger partial charge in [0.15, 0.2) is 18.3 Å². The van der Waals surface area contributed by atoms with Crippen LogP contribution in [0, 0.1) is 0 Å². The number of amides is 1. The van der Waals surface area contributed by atoms with Crippen LogP contribution >= 0.6 is 0 Å². The van der Waals surface area contributed by atoms with E-state index in [1.807, 2.05) is 53.8 Å². The summed E-state index contributed by atoms with van der Waals surface area (Å²) >= 11 is 0. The lowest BCUT2D eigenvalue weighted by Gasteiger charge is -2.16. The highest BCUT2D eigenvalue weighted by atomic mass is 16.3. The molecule has 1 aromatic heterocycles. The van der Waals surface area contributed by atoms with Crippen molar-refractivity contribution in [3.05, 3.63) is 89.9 Å². The van der Waals surface area contributed by atoms with Crippen molar-refractivity contribution in [1.82, 2.24) is 0 Å². The number of nitrogens with two attached hydrogens (primary N) is 1. The van der Waals surface area contributed by atoms with Crippen molar-refractivity contribution >= 4 is 11.6 Å². The normalized spacial score (nSPS) is 12.1. The Morgan fingerprint density at radius 2 is 1.73 bits per heavy atom. The number of nitrogens with one attached hydrogen (secondary N) is 1. The maximum absolute atomic E-state index is 12.5. The molecule has 2 aromatic carbocycles. The zero-order valence-electron chi connectivity index (χ0n) is 15.2. The molecular weight excluding hydrogens is 324 g/mol. The van der Waals surface area contributed by atoms with E-state index in [2.05, 4.69) is 37.4 Å². The van der Waals surface area contributed by atoms with Gasteiger partial charge in [0.25, 0.3) is 5.91 Å². The molecule has 0 fully saturated rings. The van der Waals surface area contributed by atoms with E-state index in [-0.39, 0.29) is 11.9 Å². The molecule has 3 aromatic rings. The summed E-state index contributed by atoms with van der Waals surface area (Å²) in [6.07, 6.45) is 1.66. The van der Waals surface area contributed by atoms with Gasteiger partial charge in [0.05, 0.1) is 6.26 Å². The molecule has 1 amide bonds. The van der Waals surface area contributed by atoms with Gasteiger partial charge in [-0.1, -0.05) is 62.4 Å². The second-order valence-electron chi connectivity index (χ2n) is 6.63. The highest BCUT2D eigenvalue weighted by molar-refractivity contribution is 5.92. The molecule has 1 atom stereocenters. The van der Waals surface area contributed by atoms with Gasteiger partial charge in [-0.15, -0.1) is 0 Å². The zero-order valence-corrected chi connectivity index (χ0v) is 15.2. The standard InChI is InChI=1S/C22H24N2O2/c1-16(2)18-11-6-7-12-19(18)24-21(25)15-23-22(20-13-8-14-26-20)17-9-4-3-5-10-17/h3-14,16,22-23H,15H2,1-2H3,(H,24,25)/p+1/t22-/m1/s1. The summed E-state index contributed by atoms with van der Waals surface area (Å²) < 4.78 is 5.59. The molecule has 134 valence electrons. The van der Waals surface area contributed by atoms with Crippen LogP contribution in [0.15, 0.2) is 77.4 Å². The third-order valence-electron chi connectivity index (χ3n) is 4.40. The first-order valence-corrected chi connectivity index (χ1v) is 8.95. The van der Waals surface area contributed by atoms with Gasteiger partial charge in [0, 0.05) is 11.3 Å². The number of rotatable bonds is 7. The molecule has 0 saturated carbocycles. The lowest BCUT2D eigenvalue weighted by Crippen LogP contribution is -2.87. The lowest BCUT2D eigenvalue weighted by molar-refractivity contribution is -0.678. The van der Waals surface area contributed by atoms with Gasteiger partial charge >= 0.3 is 0 Å². The van der Waals surface area contributed by atoms with Gasteiger partial charge in [-0.2, -0.15) is 0 Å². The molecule has 0 radical (unpaired) electrons. The molecule has 1 heterocycles. The highest BCUT2D eigenvalue weighted by Gasteiger charge is 2.21. The fourth-order valence-electron chi connectivity index (χ4n) is 3.09. The van der Waals surface area contributed by atoms with Gasteiger partial charge in [0.1, 0.15) is 0 Å². The molecule has 4 nitrogen and oxygen atoms in total. The number of furan rings is 1. The molecule has 3 N–H and O–H groups in total. The number of quaternary nitrogens is 1. The van der Waals surface area contributed by atoms with Crippen LogP contribution in [0.25, 0.3) is 0 Å².